The van der Waals surface area contributed by atoms with Crippen molar-refractivity contribution in [3.8, 4) is 0 Å². The number of carbonyl (C=O) groups excluding carboxylic acids is 1. The van der Waals surface area contributed by atoms with Crippen LogP contribution >= 0.6 is 0 Å². The Balaban J connectivity index is 1.98. The molecule has 2 rings (SSSR count). The molecule has 100 valence electrons. The number of carbonyl (C=O) groups is 1. The quantitative estimate of drug-likeness (QED) is 0.719. The molecule has 1 aliphatic heterocycles. The smallest absolute Gasteiger partial charge is 0.336 e. The second-order valence-corrected chi connectivity index (χ2v) is 4.67. The van der Waals surface area contributed by atoms with E-state index in [-0.39, 0.29) is 12.1 Å². The molecular weight excluding hydrogens is 234 g/mol. The Morgan fingerprint density at radius 3 is 3.00 bits per heavy atom. The Labute approximate surface area is 106 Å². The summed E-state index contributed by atoms with van der Waals surface area (Å²) in [4.78, 5) is 13.7. The molecule has 1 saturated heterocycles. The van der Waals surface area contributed by atoms with Crippen LogP contribution in [0.15, 0.2) is 12.4 Å². The van der Waals surface area contributed by atoms with Crippen LogP contribution < -0.4 is 0 Å². The van der Waals surface area contributed by atoms with Gasteiger partial charge in [-0.3, -0.25) is 9.58 Å². The van der Waals surface area contributed by atoms with E-state index in [1.165, 1.54) is 7.11 Å². The van der Waals surface area contributed by atoms with E-state index in [9.17, 15) is 4.79 Å². The van der Waals surface area contributed by atoms with Crippen molar-refractivity contribution in [2.45, 2.75) is 25.7 Å². The minimum Gasteiger partial charge on any atom is -0.467 e. The zero-order valence-corrected chi connectivity index (χ0v) is 11.0. The molecule has 2 atom stereocenters. The summed E-state index contributed by atoms with van der Waals surface area (Å²) < 4.78 is 12.1. The molecule has 0 aromatic carbocycles. The molecule has 0 spiro atoms. The highest BCUT2D eigenvalue weighted by Gasteiger charge is 2.31. The minimum absolute atomic E-state index is 0.0273. The third kappa shape index (κ3) is 3.08. The van der Waals surface area contributed by atoms with E-state index in [0.717, 1.165) is 18.7 Å². The van der Waals surface area contributed by atoms with Crippen molar-refractivity contribution in [3.63, 3.8) is 0 Å². The first-order chi connectivity index (χ1) is 8.58. The van der Waals surface area contributed by atoms with Gasteiger partial charge in [-0.2, -0.15) is 5.10 Å². The zero-order valence-electron chi connectivity index (χ0n) is 11.0. The normalized spacial score (nSPS) is 25.1. The largest absolute Gasteiger partial charge is 0.467 e. The zero-order chi connectivity index (χ0) is 13.1. The fourth-order valence-electron chi connectivity index (χ4n) is 2.24. The molecule has 6 nitrogen and oxygen atoms in total. The molecule has 0 saturated carbocycles. The number of nitrogens with zero attached hydrogens (tertiary/aromatic N) is 3. The number of esters is 1. The molecule has 1 aliphatic rings. The minimum atomic E-state index is -0.490. The summed E-state index contributed by atoms with van der Waals surface area (Å²) in [7, 11) is 3.28. The molecule has 1 aromatic rings. The van der Waals surface area contributed by atoms with E-state index in [4.69, 9.17) is 9.47 Å². The summed E-state index contributed by atoms with van der Waals surface area (Å²) in [5.41, 5.74) is 1.13. The predicted octanol–water partition coefficient (Wildman–Crippen LogP) is 0.182. The van der Waals surface area contributed by atoms with Crippen LogP contribution in [-0.4, -0.2) is 53.1 Å². The fourth-order valence-corrected chi connectivity index (χ4v) is 2.24. The molecule has 0 N–H and O–H groups in total. The highest BCUT2D eigenvalue weighted by Crippen LogP contribution is 2.15. The van der Waals surface area contributed by atoms with E-state index in [1.807, 2.05) is 26.4 Å². The van der Waals surface area contributed by atoms with Crippen LogP contribution in [-0.2, 0) is 27.9 Å². The third-order valence-corrected chi connectivity index (χ3v) is 2.96. The lowest BCUT2D eigenvalue weighted by atomic mass is 10.2. The molecule has 0 radical (unpaired) electrons. The standard InChI is InChI=1S/C12H19N3O3/c1-9-5-15(7-10-4-13-14(2)6-10)8-11(18-9)12(16)17-3/h4,6,9,11H,5,7-8H2,1-3H3/t9-,11-/m1/s1. The fraction of sp³-hybridized carbons (Fsp3) is 0.667. The maximum Gasteiger partial charge on any atom is 0.336 e. The summed E-state index contributed by atoms with van der Waals surface area (Å²) in [6.07, 6.45) is 3.36. The van der Waals surface area contributed by atoms with Gasteiger partial charge in [0.15, 0.2) is 6.10 Å². The first-order valence-electron chi connectivity index (χ1n) is 6.01. The van der Waals surface area contributed by atoms with Gasteiger partial charge in [-0.15, -0.1) is 0 Å². The number of morpholine rings is 1. The molecule has 0 amide bonds. The van der Waals surface area contributed by atoms with Crippen molar-refractivity contribution in [2.75, 3.05) is 20.2 Å². The van der Waals surface area contributed by atoms with Crippen molar-refractivity contribution < 1.29 is 14.3 Å². The number of aromatic nitrogens is 2. The highest BCUT2D eigenvalue weighted by atomic mass is 16.6. The van der Waals surface area contributed by atoms with Gasteiger partial charge in [0.1, 0.15) is 0 Å². The Morgan fingerprint density at radius 1 is 1.61 bits per heavy atom. The molecule has 0 bridgehead atoms. The third-order valence-electron chi connectivity index (χ3n) is 2.96. The van der Waals surface area contributed by atoms with E-state index in [0.29, 0.717) is 6.54 Å². The summed E-state index contributed by atoms with van der Waals surface area (Å²) in [6, 6.07) is 0. The summed E-state index contributed by atoms with van der Waals surface area (Å²) in [5, 5.41) is 4.14. The second kappa shape index (κ2) is 5.49. The average molecular weight is 253 g/mol. The van der Waals surface area contributed by atoms with Gasteiger partial charge in [-0.25, -0.2) is 4.79 Å². The summed E-state index contributed by atoms with van der Waals surface area (Å²) >= 11 is 0. The first-order valence-corrected chi connectivity index (χ1v) is 6.01. The Bertz CT molecular complexity index is 418. The summed E-state index contributed by atoms with van der Waals surface area (Å²) in [6.45, 7) is 4.11. The molecule has 0 aliphatic carbocycles. The number of aryl methyl sites for hydroxylation is 1. The van der Waals surface area contributed by atoms with Crippen LogP contribution in [0.2, 0.25) is 0 Å². The van der Waals surface area contributed by atoms with Crippen molar-refractivity contribution >= 4 is 5.97 Å². The maximum atomic E-state index is 11.5. The van der Waals surface area contributed by atoms with Gasteiger partial charge >= 0.3 is 5.97 Å². The van der Waals surface area contributed by atoms with Gasteiger partial charge < -0.3 is 9.47 Å². The van der Waals surface area contributed by atoms with Crippen molar-refractivity contribution in [2.24, 2.45) is 7.05 Å². The molecule has 0 unspecified atom stereocenters. The lowest BCUT2D eigenvalue weighted by Gasteiger charge is -2.35. The van der Waals surface area contributed by atoms with Gasteiger partial charge in [0.05, 0.1) is 19.4 Å². The lowest BCUT2D eigenvalue weighted by molar-refractivity contribution is -0.166. The van der Waals surface area contributed by atoms with Crippen LogP contribution in [0.1, 0.15) is 12.5 Å². The molecular formula is C12H19N3O3. The van der Waals surface area contributed by atoms with Gasteiger partial charge in [0, 0.05) is 38.4 Å². The topological polar surface area (TPSA) is 56.6 Å². The van der Waals surface area contributed by atoms with Gasteiger partial charge in [-0.1, -0.05) is 0 Å². The average Bonchev–Trinajstić information content (AvgIpc) is 2.73. The Morgan fingerprint density at radius 2 is 2.39 bits per heavy atom. The highest BCUT2D eigenvalue weighted by molar-refractivity contribution is 5.74. The van der Waals surface area contributed by atoms with E-state index < -0.39 is 6.10 Å². The SMILES string of the molecule is COC(=O)[C@H]1CN(Cc2cnn(C)c2)C[C@@H](C)O1. The van der Waals surface area contributed by atoms with Gasteiger partial charge in [0.25, 0.3) is 0 Å². The van der Waals surface area contributed by atoms with E-state index >= 15 is 0 Å². The van der Waals surface area contributed by atoms with Crippen LogP contribution in [0, 0.1) is 0 Å². The van der Waals surface area contributed by atoms with Crippen LogP contribution in [0.25, 0.3) is 0 Å². The van der Waals surface area contributed by atoms with Gasteiger partial charge in [-0.05, 0) is 6.92 Å². The van der Waals surface area contributed by atoms with Crippen molar-refractivity contribution in [1.29, 1.82) is 0 Å². The molecule has 1 fully saturated rings. The Hall–Kier alpha value is -1.40. The summed E-state index contributed by atoms with van der Waals surface area (Å²) in [5.74, 6) is -0.308. The van der Waals surface area contributed by atoms with Crippen LogP contribution in [0.3, 0.4) is 0 Å². The molecule has 6 heteroatoms. The number of rotatable bonds is 3. The molecule has 1 aromatic heterocycles. The monoisotopic (exact) mass is 253 g/mol. The second-order valence-electron chi connectivity index (χ2n) is 4.67. The van der Waals surface area contributed by atoms with E-state index in [1.54, 1.807) is 4.68 Å². The predicted molar refractivity (Wildman–Crippen MR) is 64.8 cm³/mol. The first kappa shape index (κ1) is 13.0. The van der Waals surface area contributed by atoms with E-state index in [2.05, 4.69) is 10.00 Å². The molecule has 2 heterocycles. The van der Waals surface area contributed by atoms with Crippen LogP contribution in [0.5, 0.6) is 0 Å². The lowest BCUT2D eigenvalue weighted by Crippen LogP contribution is -2.49. The number of hydrogen-bond acceptors (Lipinski definition) is 5. The van der Waals surface area contributed by atoms with Crippen molar-refractivity contribution in [1.82, 2.24) is 14.7 Å². The van der Waals surface area contributed by atoms with Crippen molar-refractivity contribution in [3.05, 3.63) is 18.0 Å². The number of ether oxygens (including phenoxy) is 2. The van der Waals surface area contributed by atoms with Gasteiger partial charge in [0.2, 0.25) is 0 Å². The molecule has 18 heavy (non-hydrogen) atoms. The number of hydrogen-bond donors (Lipinski definition) is 0. The Kier molecular flexibility index (Phi) is 3.98. The van der Waals surface area contributed by atoms with Crippen LogP contribution in [0.4, 0.5) is 0 Å². The number of methoxy groups -OCH3 is 1. The maximum absolute atomic E-state index is 11.5.